The molecule has 0 spiro atoms. The van der Waals surface area contributed by atoms with E-state index in [2.05, 4.69) is 68.0 Å². The Morgan fingerprint density at radius 2 is 1.64 bits per heavy atom. The molecule has 3 aromatic rings. The molecule has 2 unspecified atom stereocenters. The third-order valence-electron chi connectivity index (χ3n) is 7.21. The van der Waals surface area contributed by atoms with Gasteiger partial charge in [-0.1, -0.05) is 75.4 Å². The van der Waals surface area contributed by atoms with Gasteiger partial charge in [-0.2, -0.15) is 0 Å². The van der Waals surface area contributed by atoms with Gasteiger partial charge in [-0.3, -0.25) is 4.98 Å². The Hall–Kier alpha value is -2.53. The molecule has 0 radical (unpaired) electrons. The van der Waals surface area contributed by atoms with Crippen LogP contribution in [0.25, 0.3) is 0 Å². The van der Waals surface area contributed by atoms with Crippen LogP contribution in [0, 0.1) is 5.41 Å². The Balaban J connectivity index is 1.64. The fraction of sp³-hybridized carbons (Fsp3) is 0.414. The van der Waals surface area contributed by atoms with Crippen molar-refractivity contribution in [1.82, 2.24) is 9.88 Å². The van der Waals surface area contributed by atoms with Crippen LogP contribution in [0.1, 0.15) is 67.0 Å². The lowest BCUT2D eigenvalue weighted by Gasteiger charge is -2.56. The summed E-state index contributed by atoms with van der Waals surface area (Å²) in [6.45, 7) is 8.15. The van der Waals surface area contributed by atoms with Crippen molar-refractivity contribution in [3.05, 3.63) is 101 Å². The summed E-state index contributed by atoms with van der Waals surface area (Å²) in [6.07, 6.45) is 4.43. The van der Waals surface area contributed by atoms with Crippen molar-refractivity contribution >= 4 is 0 Å². The summed E-state index contributed by atoms with van der Waals surface area (Å²) in [4.78, 5) is 6.75. The van der Waals surface area contributed by atoms with Crippen LogP contribution in [0.5, 0.6) is 0 Å². The minimum atomic E-state index is -1.14. The van der Waals surface area contributed by atoms with E-state index < -0.39 is 11.7 Å². The summed E-state index contributed by atoms with van der Waals surface area (Å²) in [5, 5.41) is 22.9. The number of rotatable bonds is 8. The van der Waals surface area contributed by atoms with Crippen LogP contribution in [0.15, 0.2) is 73.1 Å². The van der Waals surface area contributed by atoms with Gasteiger partial charge in [0.2, 0.25) is 0 Å². The van der Waals surface area contributed by atoms with Gasteiger partial charge in [0.25, 0.3) is 0 Å². The fourth-order valence-corrected chi connectivity index (χ4v) is 5.31. The molecule has 1 aliphatic rings. The summed E-state index contributed by atoms with van der Waals surface area (Å²) in [5.41, 5.74) is 3.48. The molecule has 174 valence electrons. The summed E-state index contributed by atoms with van der Waals surface area (Å²) in [6, 6.07) is 20.2. The summed E-state index contributed by atoms with van der Waals surface area (Å²) in [5.74, 6) is 0.443. The zero-order chi connectivity index (χ0) is 23.6. The first-order valence-electron chi connectivity index (χ1n) is 11.9. The minimum absolute atomic E-state index is 0.315. The number of nitrogens with zero attached hydrogens (tertiary/aromatic N) is 2. The molecule has 0 saturated carbocycles. The second-order valence-electron chi connectivity index (χ2n) is 10.3. The van der Waals surface area contributed by atoms with Crippen molar-refractivity contribution in [2.24, 2.45) is 5.41 Å². The minimum Gasteiger partial charge on any atom is -0.388 e. The predicted molar refractivity (Wildman–Crippen MR) is 133 cm³/mol. The molecule has 2 heterocycles. The van der Waals surface area contributed by atoms with E-state index in [0.29, 0.717) is 18.8 Å². The Morgan fingerprint density at radius 1 is 0.970 bits per heavy atom. The normalized spacial score (nSPS) is 18.5. The molecule has 1 aromatic heterocycles. The van der Waals surface area contributed by atoms with Gasteiger partial charge in [-0.15, -0.1) is 0 Å². The number of aliphatic hydroxyl groups excluding tert-OH is 1. The molecule has 4 rings (SSSR count). The van der Waals surface area contributed by atoms with Crippen LogP contribution < -0.4 is 0 Å². The van der Waals surface area contributed by atoms with Gasteiger partial charge in [-0.25, -0.2) is 0 Å². The molecule has 2 N–H and O–H groups in total. The van der Waals surface area contributed by atoms with E-state index in [0.717, 1.165) is 35.3 Å². The Bertz CT molecular complexity index is 1060. The molecule has 2 atom stereocenters. The molecular formula is C29H36N2O2. The topological polar surface area (TPSA) is 56.6 Å². The first-order valence-corrected chi connectivity index (χ1v) is 11.9. The molecule has 4 heteroatoms. The van der Waals surface area contributed by atoms with E-state index in [1.54, 1.807) is 6.20 Å². The zero-order valence-corrected chi connectivity index (χ0v) is 20.2. The fourth-order valence-electron chi connectivity index (χ4n) is 5.31. The Labute approximate surface area is 197 Å². The molecule has 0 aliphatic carbocycles. The molecule has 0 bridgehead atoms. The summed E-state index contributed by atoms with van der Waals surface area (Å²) >= 11 is 0. The third kappa shape index (κ3) is 4.61. The predicted octanol–water partition coefficient (Wildman–Crippen LogP) is 5.06. The molecule has 33 heavy (non-hydrogen) atoms. The molecule has 0 amide bonds. The number of pyridine rings is 1. The summed E-state index contributed by atoms with van der Waals surface area (Å²) < 4.78 is 0. The van der Waals surface area contributed by atoms with Gasteiger partial charge in [-0.05, 0) is 54.1 Å². The average Bonchev–Trinajstić information content (AvgIpc) is 2.81. The Kier molecular flexibility index (Phi) is 6.71. The lowest BCUT2D eigenvalue weighted by atomic mass is 9.62. The largest absolute Gasteiger partial charge is 0.388 e. The maximum atomic E-state index is 12.3. The van der Waals surface area contributed by atoms with Gasteiger partial charge >= 0.3 is 0 Å². The number of aromatic nitrogens is 1. The van der Waals surface area contributed by atoms with Crippen molar-refractivity contribution in [2.45, 2.75) is 51.2 Å². The summed E-state index contributed by atoms with van der Waals surface area (Å²) in [7, 11) is 2.09. The van der Waals surface area contributed by atoms with Gasteiger partial charge in [0.05, 0.1) is 6.10 Å². The van der Waals surface area contributed by atoms with E-state index in [4.69, 9.17) is 0 Å². The number of aliphatic hydroxyl groups is 2. The van der Waals surface area contributed by atoms with Crippen molar-refractivity contribution < 1.29 is 10.2 Å². The molecular weight excluding hydrogens is 408 g/mol. The van der Waals surface area contributed by atoms with E-state index in [9.17, 15) is 10.2 Å². The van der Waals surface area contributed by atoms with Gasteiger partial charge in [0.15, 0.2) is 0 Å². The van der Waals surface area contributed by atoms with Crippen molar-refractivity contribution in [1.29, 1.82) is 0 Å². The van der Waals surface area contributed by atoms with E-state index in [-0.39, 0.29) is 5.41 Å². The first-order chi connectivity index (χ1) is 15.7. The van der Waals surface area contributed by atoms with Crippen LogP contribution in [-0.2, 0) is 12.0 Å². The van der Waals surface area contributed by atoms with Crippen LogP contribution in [0.4, 0.5) is 0 Å². The van der Waals surface area contributed by atoms with Crippen LogP contribution in [0.3, 0.4) is 0 Å². The monoisotopic (exact) mass is 444 g/mol. The average molecular weight is 445 g/mol. The van der Waals surface area contributed by atoms with Crippen molar-refractivity contribution in [3.8, 4) is 0 Å². The highest BCUT2D eigenvalue weighted by Crippen LogP contribution is 2.50. The second kappa shape index (κ2) is 9.38. The number of hydrogen-bond donors (Lipinski definition) is 2. The second-order valence-corrected chi connectivity index (χ2v) is 10.3. The molecule has 4 nitrogen and oxygen atoms in total. The maximum Gasteiger partial charge on any atom is 0.124 e. The van der Waals surface area contributed by atoms with Crippen molar-refractivity contribution in [2.75, 3.05) is 20.1 Å². The van der Waals surface area contributed by atoms with Gasteiger partial charge in [0.1, 0.15) is 5.60 Å². The third-order valence-corrected chi connectivity index (χ3v) is 7.21. The SMILES string of the molecule is CC(C)c1ccc(C(O)(c2cncc(CCC(O)c3ccccc3)c2)C2(C)CN(C)C2)cc1. The van der Waals surface area contributed by atoms with E-state index in [1.807, 2.05) is 36.5 Å². The van der Waals surface area contributed by atoms with Crippen LogP contribution in [-0.4, -0.2) is 40.2 Å². The lowest BCUT2D eigenvalue weighted by Crippen LogP contribution is -2.63. The number of benzene rings is 2. The highest BCUT2D eigenvalue weighted by atomic mass is 16.3. The van der Waals surface area contributed by atoms with Crippen LogP contribution >= 0.6 is 0 Å². The molecule has 1 saturated heterocycles. The quantitative estimate of drug-likeness (QED) is 0.510. The smallest absolute Gasteiger partial charge is 0.124 e. The maximum absolute atomic E-state index is 12.3. The van der Waals surface area contributed by atoms with E-state index >= 15 is 0 Å². The Morgan fingerprint density at radius 3 is 2.24 bits per heavy atom. The lowest BCUT2D eigenvalue weighted by molar-refractivity contribution is -0.127. The highest BCUT2D eigenvalue weighted by Gasteiger charge is 2.55. The van der Waals surface area contributed by atoms with Crippen LogP contribution in [0.2, 0.25) is 0 Å². The highest BCUT2D eigenvalue weighted by molar-refractivity contribution is 5.42. The number of hydrogen-bond acceptors (Lipinski definition) is 4. The standard InChI is InChI=1S/C29H36N2O2/c1-21(2)23-11-13-25(14-12-23)29(33,28(3)19-31(4)20-28)26-16-22(17-30-18-26)10-15-27(32)24-8-6-5-7-9-24/h5-9,11-14,16-18,21,27,32-33H,10,15,19-20H2,1-4H3. The molecule has 2 aromatic carbocycles. The number of likely N-dealkylation sites (tertiary alicyclic amines) is 1. The van der Waals surface area contributed by atoms with Gasteiger partial charge in [0, 0.05) is 36.5 Å². The van der Waals surface area contributed by atoms with Gasteiger partial charge < -0.3 is 15.1 Å². The van der Waals surface area contributed by atoms with E-state index in [1.165, 1.54) is 5.56 Å². The first kappa shape index (κ1) is 23.6. The molecule has 1 fully saturated rings. The number of aryl methyl sites for hydroxylation is 1. The molecule has 1 aliphatic heterocycles. The van der Waals surface area contributed by atoms with Crippen molar-refractivity contribution in [3.63, 3.8) is 0 Å². The zero-order valence-electron chi connectivity index (χ0n) is 20.2.